The van der Waals surface area contributed by atoms with Gasteiger partial charge in [0.2, 0.25) is 0 Å². The zero-order valence-corrected chi connectivity index (χ0v) is 11.6. The smallest absolute Gasteiger partial charge is 0.335 e. The fourth-order valence-electron chi connectivity index (χ4n) is 1.82. The number of hydrogen-bond donors (Lipinski definition) is 2. The molecule has 2 aromatic carbocycles. The predicted molar refractivity (Wildman–Crippen MR) is 79.2 cm³/mol. The second kappa shape index (κ2) is 6.04. The Hall–Kier alpha value is -3.22. The Labute approximate surface area is 125 Å². The number of nitro benzene ring substituents is 1. The lowest BCUT2D eigenvalue weighted by atomic mass is 10.1. The maximum atomic E-state index is 12.1. The molecular formula is C15H12N2O5. The second-order valence-corrected chi connectivity index (χ2v) is 4.59. The molecule has 2 aromatic rings. The standard InChI is InChI=1S/C15H12N2O5/c1-9-2-3-11(15(19)20)8-13(9)16-14(18)10-4-6-12(7-5-10)17(21)22/h2-8H,1H3,(H,16,18)(H,19,20). The SMILES string of the molecule is Cc1ccc(C(=O)O)cc1NC(=O)c1ccc([N+](=O)[O-])cc1. The van der Waals surface area contributed by atoms with Gasteiger partial charge in [-0.2, -0.15) is 0 Å². The van der Waals surface area contributed by atoms with Crippen LogP contribution >= 0.6 is 0 Å². The summed E-state index contributed by atoms with van der Waals surface area (Å²) in [5, 5.41) is 22.1. The molecule has 22 heavy (non-hydrogen) atoms. The number of benzene rings is 2. The number of hydrogen-bond acceptors (Lipinski definition) is 4. The Morgan fingerprint density at radius 3 is 2.23 bits per heavy atom. The molecule has 0 saturated heterocycles. The molecule has 0 aliphatic heterocycles. The number of amides is 1. The highest BCUT2D eigenvalue weighted by atomic mass is 16.6. The normalized spacial score (nSPS) is 10.0. The van der Waals surface area contributed by atoms with Crippen molar-refractivity contribution in [2.45, 2.75) is 6.92 Å². The van der Waals surface area contributed by atoms with Crippen LogP contribution in [0.15, 0.2) is 42.5 Å². The first-order valence-electron chi connectivity index (χ1n) is 6.28. The van der Waals surface area contributed by atoms with Crippen LogP contribution in [-0.2, 0) is 0 Å². The van der Waals surface area contributed by atoms with E-state index in [1.54, 1.807) is 13.0 Å². The van der Waals surface area contributed by atoms with Crippen molar-refractivity contribution in [3.05, 3.63) is 69.3 Å². The zero-order chi connectivity index (χ0) is 16.3. The lowest BCUT2D eigenvalue weighted by molar-refractivity contribution is -0.384. The number of nitro groups is 1. The summed E-state index contributed by atoms with van der Waals surface area (Å²) in [6.07, 6.45) is 0. The summed E-state index contributed by atoms with van der Waals surface area (Å²) >= 11 is 0. The van der Waals surface area contributed by atoms with Crippen molar-refractivity contribution >= 4 is 23.3 Å². The fraction of sp³-hybridized carbons (Fsp3) is 0.0667. The molecule has 0 spiro atoms. The van der Waals surface area contributed by atoms with Crippen LogP contribution in [0, 0.1) is 17.0 Å². The lowest BCUT2D eigenvalue weighted by Gasteiger charge is -2.09. The molecule has 2 N–H and O–H groups in total. The Morgan fingerprint density at radius 1 is 1.09 bits per heavy atom. The van der Waals surface area contributed by atoms with E-state index >= 15 is 0 Å². The molecule has 0 aliphatic carbocycles. The Balaban J connectivity index is 2.23. The van der Waals surface area contributed by atoms with Crippen LogP contribution in [0.2, 0.25) is 0 Å². The van der Waals surface area contributed by atoms with E-state index in [1.807, 2.05) is 0 Å². The molecule has 0 fully saturated rings. The third-order valence-electron chi connectivity index (χ3n) is 3.07. The van der Waals surface area contributed by atoms with E-state index in [0.29, 0.717) is 11.3 Å². The number of carbonyl (C=O) groups is 2. The number of aromatic carboxylic acids is 1. The third-order valence-corrected chi connectivity index (χ3v) is 3.07. The highest BCUT2D eigenvalue weighted by molar-refractivity contribution is 6.05. The van der Waals surface area contributed by atoms with Gasteiger partial charge in [0.05, 0.1) is 10.5 Å². The minimum absolute atomic E-state index is 0.0598. The van der Waals surface area contributed by atoms with Gasteiger partial charge in [0.1, 0.15) is 0 Å². The first kappa shape index (κ1) is 15.2. The Morgan fingerprint density at radius 2 is 1.68 bits per heavy atom. The lowest BCUT2D eigenvalue weighted by Crippen LogP contribution is -2.13. The summed E-state index contributed by atoms with van der Waals surface area (Å²) in [5.74, 6) is -1.56. The van der Waals surface area contributed by atoms with Gasteiger partial charge in [-0.05, 0) is 36.8 Å². The van der Waals surface area contributed by atoms with E-state index in [1.165, 1.54) is 36.4 Å². The van der Waals surface area contributed by atoms with Crippen molar-refractivity contribution in [2.24, 2.45) is 0 Å². The summed E-state index contributed by atoms with van der Waals surface area (Å²) in [4.78, 5) is 33.1. The summed E-state index contributed by atoms with van der Waals surface area (Å²) in [6, 6.07) is 9.54. The minimum atomic E-state index is -1.09. The number of nitrogens with one attached hydrogen (secondary N) is 1. The van der Waals surface area contributed by atoms with Crippen molar-refractivity contribution in [2.75, 3.05) is 5.32 Å². The van der Waals surface area contributed by atoms with E-state index < -0.39 is 16.8 Å². The van der Waals surface area contributed by atoms with Crippen LogP contribution < -0.4 is 5.32 Å². The summed E-state index contributed by atoms with van der Waals surface area (Å²) in [6.45, 7) is 1.73. The van der Waals surface area contributed by atoms with E-state index in [4.69, 9.17) is 5.11 Å². The molecule has 0 bridgehead atoms. The first-order valence-corrected chi connectivity index (χ1v) is 6.28. The number of carbonyl (C=O) groups excluding carboxylic acids is 1. The summed E-state index contributed by atoms with van der Waals surface area (Å²) in [5.41, 5.74) is 1.28. The van der Waals surface area contributed by atoms with Crippen LogP contribution in [0.25, 0.3) is 0 Å². The van der Waals surface area contributed by atoms with Crippen LogP contribution in [0.5, 0.6) is 0 Å². The van der Waals surface area contributed by atoms with Gasteiger partial charge in [0.15, 0.2) is 0 Å². The molecule has 0 unspecified atom stereocenters. The van der Waals surface area contributed by atoms with Gasteiger partial charge in [-0.1, -0.05) is 6.07 Å². The average Bonchev–Trinajstić information content (AvgIpc) is 2.49. The third kappa shape index (κ3) is 3.26. The highest BCUT2D eigenvalue weighted by Crippen LogP contribution is 2.19. The van der Waals surface area contributed by atoms with E-state index in [9.17, 15) is 19.7 Å². The molecule has 0 heterocycles. The maximum absolute atomic E-state index is 12.1. The number of carboxylic acid groups (broad SMARTS) is 1. The summed E-state index contributed by atoms with van der Waals surface area (Å²) in [7, 11) is 0. The topological polar surface area (TPSA) is 110 Å². The van der Waals surface area contributed by atoms with Gasteiger partial charge in [-0.15, -0.1) is 0 Å². The van der Waals surface area contributed by atoms with Crippen LogP contribution in [0.3, 0.4) is 0 Å². The zero-order valence-electron chi connectivity index (χ0n) is 11.6. The molecule has 7 heteroatoms. The highest BCUT2D eigenvalue weighted by Gasteiger charge is 2.12. The van der Waals surface area contributed by atoms with Gasteiger partial charge in [-0.3, -0.25) is 14.9 Å². The number of rotatable bonds is 4. The number of non-ortho nitro benzene ring substituents is 1. The van der Waals surface area contributed by atoms with Crippen molar-refractivity contribution in [1.29, 1.82) is 0 Å². The molecule has 2 rings (SSSR count). The number of anilines is 1. The molecule has 0 saturated carbocycles. The van der Waals surface area contributed by atoms with Crippen molar-refractivity contribution in [3.63, 3.8) is 0 Å². The van der Waals surface area contributed by atoms with Crippen molar-refractivity contribution < 1.29 is 19.6 Å². The van der Waals surface area contributed by atoms with Gasteiger partial charge >= 0.3 is 5.97 Å². The minimum Gasteiger partial charge on any atom is -0.478 e. The largest absolute Gasteiger partial charge is 0.478 e. The van der Waals surface area contributed by atoms with E-state index in [2.05, 4.69) is 5.32 Å². The van der Waals surface area contributed by atoms with Gasteiger partial charge < -0.3 is 10.4 Å². The van der Waals surface area contributed by atoms with E-state index in [0.717, 1.165) is 0 Å². The molecule has 1 amide bonds. The van der Waals surface area contributed by atoms with E-state index in [-0.39, 0.29) is 16.8 Å². The average molecular weight is 300 g/mol. The number of carboxylic acids is 1. The molecule has 112 valence electrons. The molecular weight excluding hydrogens is 288 g/mol. The quantitative estimate of drug-likeness (QED) is 0.666. The molecule has 0 aromatic heterocycles. The molecule has 0 atom stereocenters. The van der Waals surface area contributed by atoms with Gasteiger partial charge in [0.25, 0.3) is 11.6 Å². The molecule has 0 aliphatic rings. The van der Waals surface area contributed by atoms with Crippen LogP contribution in [0.4, 0.5) is 11.4 Å². The fourth-order valence-corrected chi connectivity index (χ4v) is 1.82. The Kier molecular flexibility index (Phi) is 4.17. The molecule has 0 radical (unpaired) electrons. The van der Waals surface area contributed by atoms with Gasteiger partial charge in [0, 0.05) is 23.4 Å². The number of nitrogens with zero attached hydrogens (tertiary/aromatic N) is 1. The van der Waals surface area contributed by atoms with Gasteiger partial charge in [-0.25, -0.2) is 4.79 Å². The second-order valence-electron chi connectivity index (χ2n) is 4.59. The Bertz CT molecular complexity index is 753. The van der Waals surface area contributed by atoms with Crippen LogP contribution in [-0.4, -0.2) is 21.9 Å². The van der Waals surface area contributed by atoms with Crippen molar-refractivity contribution in [1.82, 2.24) is 0 Å². The van der Waals surface area contributed by atoms with Crippen LogP contribution in [0.1, 0.15) is 26.3 Å². The first-order chi connectivity index (χ1) is 10.4. The predicted octanol–water partition coefficient (Wildman–Crippen LogP) is 2.85. The van der Waals surface area contributed by atoms with Crippen molar-refractivity contribution in [3.8, 4) is 0 Å². The maximum Gasteiger partial charge on any atom is 0.335 e. The monoisotopic (exact) mass is 300 g/mol. The number of aryl methyl sites for hydroxylation is 1. The summed E-state index contributed by atoms with van der Waals surface area (Å²) < 4.78 is 0. The molecule has 7 nitrogen and oxygen atoms in total.